The third kappa shape index (κ3) is 4.35. The Labute approximate surface area is 200 Å². The maximum Gasteiger partial charge on any atom is 0.416 e. The van der Waals surface area contributed by atoms with E-state index in [-0.39, 0.29) is 41.7 Å². The molecule has 2 aliphatic rings. The fourth-order valence-corrected chi connectivity index (χ4v) is 5.18. The van der Waals surface area contributed by atoms with Gasteiger partial charge in [-0.1, -0.05) is 0 Å². The van der Waals surface area contributed by atoms with Crippen LogP contribution in [0.15, 0.2) is 22.6 Å². The van der Waals surface area contributed by atoms with Gasteiger partial charge < -0.3 is 19.8 Å². The molecule has 2 bridgehead atoms. The van der Waals surface area contributed by atoms with Crippen LogP contribution in [-0.4, -0.2) is 37.5 Å². The van der Waals surface area contributed by atoms with Crippen LogP contribution in [0.1, 0.15) is 61.7 Å². The van der Waals surface area contributed by atoms with Gasteiger partial charge in [-0.2, -0.15) is 18.2 Å². The van der Waals surface area contributed by atoms with Crippen molar-refractivity contribution in [2.45, 2.75) is 64.8 Å². The minimum Gasteiger partial charge on any atom is -0.424 e. The molecule has 9 nitrogen and oxygen atoms in total. The summed E-state index contributed by atoms with van der Waals surface area (Å²) in [6, 6.07) is 3.25. The number of piperidine rings is 1. The van der Waals surface area contributed by atoms with Gasteiger partial charge in [-0.15, -0.1) is 15.3 Å². The summed E-state index contributed by atoms with van der Waals surface area (Å²) < 4.78 is 53.2. The Morgan fingerprint density at radius 2 is 1.91 bits per heavy atom. The molecule has 3 aromatic rings. The summed E-state index contributed by atoms with van der Waals surface area (Å²) >= 11 is 0. The molecule has 1 aromatic carbocycles. The van der Waals surface area contributed by atoms with Crippen LogP contribution in [0.5, 0.6) is 11.8 Å². The smallest absolute Gasteiger partial charge is 0.416 e. The Kier molecular flexibility index (Phi) is 5.73. The van der Waals surface area contributed by atoms with Crippen LogP contribution in [0.3, 0.4) is 0 Å². The number of nitrogens with two attached hydrogens (primary N) is 1. The second-order valence-corrected chi connectivity index (χ2v) is 9.70. The van der Waals surface area contributed by atoms with E-state index in [2.05, 4.69) is 20.3 Å². The Morgan fingerprint density at radius 3 is 2.57 bits per heavy atom. The maximum absolute atomic E-state index is 13.3. The summed E-state index contributed by atoms with van der Waals surface area (Å²) in [7, 11) is 0. The van der Waals surface area contributed by atoms with Gasteiger partial charge in [-0.05, 0) is 63.3 Å². The van der Waals surface area contributed by atoms with E-state index in [1.54, 1.807) is 24.6 Å². The van der Waals surface area contributed by atoms with Crippen LogP contribution in [0, 0.1) is 25.7 Å². The van der Waals surface area contributed by atoms with Gasteiger partial charge in [0, 0.05) is 25.4 Å². The Bertz CT molecular complexity index is 1220. The topological polar surface area (TPSA) is 108 Å². The molecule has 3 heterocycles. The van der Waals surface area contributed by atoms with Crippen molar-refractivity contribution in [3.8, 4) is 11.8 Å². The normalized spacial score (nSPS) is 24.4. The van der Waals surface area contributed by atoms with Gasteiger partial charge in [-0.3, -0.25) is 0 Å². The van der Waals surface area contributed by atoms with Gasteiger partial charge in [0.05, 0.1) is 11.6 Å². The Hall–Kier alpha value is -3.15. The molecule has 1 saturated carbocycles. The molecule has 0 amide bonds. The highest BCUT2D eigenvalue weighted by atomic mass is 19.4. The first-order valence-electron chi connectivity index (χ1n) is 11.7. The van der Waals surface area contributed by atoms with Gasteiger partial charge in [-0.25, -0.2) is 4.68 Å². The number of rotatable bonds is 5. The zero-order valence-corrected chi connectivity index (χ0v) is 20.0. The number of alkyl halides is 3. The Balaban J connectivity index is 1.53. The average molecular weight is 492 g/mol. The molecule has 12 heteroatoms. The number of nitrogens with zero attached hydrogens (tertiary/aromatic N) is 6. The second kappa shape index (κ2) is 8.51. The number of anilines is 1. The van der Waals surface area contributed by atoms with Gasteiger partial charge in [0.2, 0.25) is 17.7 Å². The molecule has 1 aliphatic carbocycles. The summed E-state index contributed by atoms with van der Waals surface area (Å²) in [4.78, 5) is 6.64. The number of aryl methyl sites for hydroxylation is 2. The second-order valence-electron chi connectivity index (χ2n) is 9.70. The monoisotopic (exact) mass is 491 g/mol. The largest absolute Gasteiger partial charge is 0.424 e. The summed E-state index contributed by atoms with van der Waals surface area (Å²) in [5.41, 5.74) is 6.18. The van der Waals surface area contributed by atoms with E-state index in [4.69, 9.17) is 14.9 Å². The van der Waals surface area contributed by atoms with Gasteiger partial charge in [0.1, 0.15) is 11.8 Å². The van der Waals surface area contributed by atoms with Crippen LogP contribution in [0.2, 0.25) is 0 Å². The zero-order chi connectivity index (χ0) is 25.1. The van der Waals surface area contributed by atoms with Gasteiger partial charge in [0.25, 0.3) is 0 Å². The highest BCUT2D eigenvalue weighted by Crippen LogP contribution is 2.48. The van der Waals surface area contributed by atoms with Crippen LogP contribution in [0.25, 0.3) is 0 Å². The highest BCUT2D eigenvalue weighted by molar-refractivity contribution is 5.40. The summed E-state index contributed by atoms with van der Waals surface area (Å²) in [6.07, 6.45) is -2.59. The molecule has 188 valence electrons. The predicted octanol–water partition coefficient (Wildman–Crippen LogP) is 4.58. The lowest BCUT2D eigenvalue weighted by Gasteiger charge is -2.41. The first kappa shape index (κ1) is 23.6. The van der Waals surface area contributed by atoms with Crippen molar-refractivity contribution in [2.75, 3.05) is 11.4 Å². The fraction of sp³-hybridized carbons (Fsp3) is 0.565. The summed E-state index contributed by atoms with van der Waals surface area (Å²) in [6.45, 7) is 7.73. The van der Waals surface area contributed by atoms with Crippen molar-refractivity contribution in [2.24, 2.45) is 17.6 Å². The number of ether oxygens (including phenoxy) is 1. The number of halogens is 3. The van der Waals surface area contributed by atoms with Crippen LogP contribution in [-0.2, 0) is 6.18 Å². The van der Waals surface area contributed by atoms with Crippen molar-refractivity contribution in [3.63, 3.8) is 0 Å². The van der Waals surface area contributed by atoms with E-state index >= 15 is 0 Å². The highest BCUT2D eigenvalue weighted by Gasteiger charge is 2.50. The van der Waals surface area contributed by atoms with E-state index in [1.165, 1.54) is 0 Å². The lowest BCUT2D eigenvalue weighted by Crippen LogP contribution is -2.51. The van der Waals surface area contributed by atoms with Crippen LogP contribution < -0.4 is 15.4 Å². The first-order chi connectivity index (χ1) is 16.5. The molecule has 2 N–H and O–H groups in total. The molecule has 1 aliphatic heterocycles. The summed E-state index contributed by atoms with van der Waals surface area (Å²) in [5, 5.41) is 12.9. The summed E-state index contributed by atoms with van der Waals surface area (Å²) in [5.74, 6) is 1.71. The number of hydrogen-bond donors (Lipinski definition) is 1. The molecule has 35 heavy (non-hydrogen) atoms. The lowest BCUT2D eigenvalue weighted by molar-refractivity contribution is -0.137. The van der Waals surface area contributed by atoms with E-state index in [1.807, 2.05) is 18.7 Å². The van der Waals surface area contributed by atoms with Crippen molar-refractivity contribution in [3.05, 3.63) is 41.1 Å². The van der Waals surface area contributed by atoms with Crippen LogP contribution in [0.4, 0.5) is 19.1 Å². The number of hydrogen-bond acceptors (Lipinski definition) is 8. The lowest BCUT2D eigenvalue weighted by atomic mass is 9.86. The SMILES string of the molecule is Cc1cc(Oc2nc(N3CC4CCC(C4N)C3c3nnc(C)o3)nn2C(C)C)cc(C(F)(F)F)c1. The third-order valence-electron chi connectivity index (χ3n) is 6.80. The van der Waals surface area contributed by atoms with Crippen molar-refractivity contribution in [1.82, 2.24) is 25.0 Å². The molecule has 5 rings (SSSR count). The number of benzene rings is 1. The van der Waals surface area contributed by atoms with Crippen molar-refractivity contribution >= 4 is 5.95 Å². The average Bonchev–Trinajstić information content (AvgIpc) is 3.43. The van der Waals surface area contributed by atoms with E-state index in [9.17, 15) is 13.2 Å². The molecule has 0 radical (unpaired) electrons. The minimum absolute atomic E-state index is 0.000514. The van der Waals surface area contributed by atoms with E-state index in [0.717, 1.165) is 25.0 Å². The first-order valence-corrected chi connectivity index (χ1v) is 11.7. The predicted molar refractivity (Wildman–Crippen MR) is 120 cm³/mol. The minimum atomic E-state index is -4.48. The van der Waals surface area contributed by atoms with E-state index in [0.29, 0.717) is 29.8 Å². The molecular formula is C23H28F3N7O2. The fourth-order valence-electron chi connectivity index (χ4n) is 5.18. The van der Waals surface area contributed by atoms with Gasteiger partial charge >= 0.3 is 12.2 Å². The quantitative estimate of drug-likeness (QED) is 0.552. The zero-order valence-electron chi connectivity index (χ0n) is 20.0. The van der Waals surface area contributed by atoms with Gasteiger partial charge in [0.15, 0.2) is 0 Å². The third-order valence-corrected chi connectivity index (χ3v) is 6.80. The molecule has 4 atom stereocenters. The standard InChI is InChI=1S/C23H28F3N7O2/c1-11(2)33-22(35-16-8-12(3)7-15(9-16)23(24,25)26)28-21(31-33)32-10-14-5-6-17(18(14)27)19(32)20-30-29-13(4)34-20/h7-9,11,14,17-19H,5-6,10,27H2,1-4H3. The molecule has 4 unspecified atom stereocenters. The van der Waals surface area contributed by atoms with Crippen LogP contribution >= 0.6 is 0 Å². The number of aromatic nitrogens is 5. The van der Waals surface area contributed by atoms with Crippen molar-refractivity contribution in [1.29, 1.82) is 0 Å². The molecule has 1 saturated heterocycles. The molecule has 2 fully saturated rings. The number of fused-ring (bicyclic) bond motifs is 2. The molecule has 2 aromatic heterocycles. The Morgan fingerprint density at radius 1 is 1.14 bits per heavy atom. The molecule has 0 spiro atoms. The molecular weight excluding hydrogens is 463 g/mol. The van der Waals surface area contributed by atoms with E-state index < -0.39 is 11.7 Å². The van der Waals surface area contributed by atoms with Crippen molar-refractivity contribution < 1.29 is 22.3 Å². The maximum atomic E-state index is 13.3.